The number of rotatable bonds is 8. The number of anilines is 1. The van der Waals surface area contributed by atoms with Gasteiger partial charge >= 0.3 is 0 Å². The Balaban J connectivity index is 1.34. The van der Waals surface area contributed by atoms with Crippen molar-refractivity contribution in [3.63, 3.8) is 0 Å². The van der Waals surface area contributed by atoms with Crippen LogP contribution in [0.3, 0.4) is 0 Å². The molecule has 218 valence electrons. The van der Waals surface area contributed by atoms with E-state index in [9.17, 15) is 28.1 Å². The van der Waals surface area contributed by atoms with E-state index in [0.29, 0.717) is 27.9 Å². The lowest BCUT2D eigenvalue weighted by atomic mass is 9.93. The molecule has 0 amide bonds. The van der Waals surface area contributed by atoms with Gasteiger partial charge in [0.15, 0.2) is 0 Å². The molecule has 0 aliphatic carbocycles. The molecule has 0 saturated carbocycles. The first-order valence-electron chi connectivity index (χ1n) is 14.0. The highest BCUT2D eigenvalue weighted by Crippen LogP contribution is 2.50. The van der Waals surface area contributed by atoms with Crippen LogP contribution in [0, 0.1) is 5.82 Å². The molecular weight excluding hydrogens is 565 g/mol. The molecule has 0 bridgehead atoms. The lowest BCUT2D eigenvalue weighted by Crippen LogP contribution is -2.58. The molecule has 0 aromatic heterocycles. The minimum absolute atomic E-state index is 0.0734. The van der Waals surface area contributed by atoms with E-state index in [1.165, 1.54) is 28.6 Å². The molecular formula is C35H30FNO5S. The third kappa shape index (κ3) is 5.59. The second kappa shape index (κ2) is 11.6. The predicted molar refractivity (Wildman–Crippen MR) is 166 cm³/mol. The van der Waals surface area contributed by atoms with E-state index in [1.807, 2.05) is 48.5 Å². The van der Waals surface area contributed by atoms with E-state index in [4.69, 9.17) is 0 Å². The summed E-state index contributed by atoms with van der Waals surface area (Å²) in [4.78, 5) is 0. The van der Waals surface area contributed by atoms with Gasteiger partial charge in [0.05, 0.1) is 17.8 Å². The SMILES string of the molecule is O=S1(=O)[C@@H](CC[C@@H](O)c2ccc(F)cc2)[C@@H](c2ccc(-c3cccc(O)c3)cc2O)N1c1ccc(-c2ccccc2)cc1. The summed E-state index contributed by atoms with van der Waals surface area (Å²) in [6.45, 7) is 0. The number of halogens is 1. The van der Waals surface area contributed by atoms with Gasteiger partial charge in [-0.15, -0.1) is 0 Å². The molecule has 5 aromatic rings. The van der Waals surface area contributed by atoms with Crippen LogP contribution in [0.4, 0.5) is 10.1 Å². The van der Waals surface area contributed by atoms with Crippen molar-refractivity contribution in [3.8, 4) is 33.8 Å². The summed E-state index contributed by atoms with van der Waals surface area (Å²) in [7, 11) is -3.84. The minimum atomic E-state index is -3.84. The van der Waals surface area contributed by atoms with Crippen LogP contribution in [0.5, 0.6) is 11.5 Å². The van der Waals surface area contributed by atoms with E-state index < -0.39 is 33.2 Å². The predicted octanol–water partition coefficient (Wildman–Crippen LogP) is 7.34. The highest BCUT2D eigenvalue weighted by Gasteiger charge is 2.55. The first kappa shape index (κ1) is 28.5. The Bertz CT molecular complexity index is 1840. The van der Waals surface area contributed by atoms with Crippen molar-refractivity contribution in [1.29, 1.82) is 0 Å². The minimum Gasteiger partial charge on any atom is -0.508 e. The number of aromatic hydroxyl groups is 2. The van der Waals surface area contributed by atoms with Gasteiger partial charge in [0, 0.05) is 5.56 Å². The molecule has 6 nitrogen and oxygen atoms in total. The van der Waals surface area contributed by atoms with Gasteiger partial charge in [-0.1, -0.05) is 78.9 Å². The zero-order valence-corrected chi connectivity index (χ0v) is 23.9. The van der Waals surface area contributed by atoms with Crippen LogP contribution in [0.15, 0.2) is 121 Å². The highest BCUT2D eigenvalue weighted by molar-refractivity contribution is 7.95. The molecule has 1 saturated heterocycles. The molecule has 1 fully saturated rings. The number of nitrogens with zero attached hydrogens (tertiary/aromatic N) is 1. The maximum Gasteiger partial charge on any atom is 0.241 e. The van der Waals surface area contributed by atoms with Gasteiger partial charge < -0.3 is 15.3 Å². The highest BCUT2D eigenvalue weighted by atomic mass is 32.2. The summed E-state index contributed by atoms with van der Waals surface area (Å²) >= 11 is 0. The van der Waals surface area contributed by atoms with Crippen molar-refractivity contribution in [3.05, 3.63) is 138 Å². The summed E-state index contributed by atoms with van der Waals surface area (Å²) in [5.74, 6) is -0.400. The Morgan fingerprint density at radius 2 is 1.35 bits per heavy atom. The first-order valence-corrected chi connectivity index (χ1v) is 15.5. The van der Waals surface area contributed by atoms with Gasteiger partial charge in [-0.2, -0.15) is 0 Å². The first-order chi connectivity index (χ1) is 20.7. The molecule has 1 aliphatic rings. The van der Waals surface area contributed by atoms with Crippen LogP contribution in [0.1, 0.15) is 36.1 Å². The van der Waals surface area contributed by atoms with Crippen molar-refractivity contribution < 1.29 is 28.1 Å². The molecule has 6 rings (SSSR count). The topological polar surface area (TPSA) is 98.1 Å². The number of sulfonamides is 1. The number of benzene rings is 5. The second-order valence-electron chi connectivity index (χ2n) is 10.7. The van der Waals surface area contributed by atoms with Crippen LogP contribution in [-0.2, 0) is 10.0 Å². The number of hydrogen-bond donors (Lipinski definition) is 3. The van der Waals surface area contributed by atoms with Gasteiger partial charge in [-0.05, 0) is 83.1 Å². The Hall–Kier alpha value is -4.66. The van der Waals surface area contributed by atoms with Crippen molar-refractivity contribution >= 4 is 15.7 Å². The monoisotopic (exact) mass is 595 g/mol. The van der Waals surface area contributed by atoms with Crippen LogP contribution < -0.4 is 4.31 Å². The number of hydrogen-bond acceptors (Lipinski definition) is 5. The summed E-state index contributed by atoms with van der Waals surface area (Å²) in [5, 5.41) is 31.0. The zero-order chi connectivity index (χ0) is 30.1. The second-order valence-corrected chi connectivity index (χ2v) is 12.7. The lowest BCUT2D eigenvalue weighted by Gasteiger charge is -2.48. The summed E-state index contributed by atoms with van der Waals surface area (Å²) < 4.78 is 42.3. The fourth-order valence-corrected chi connectivity index (χ4v) is 7.88. The normalized spacial score (nSPS) is 18.1. The lowest BCUT2D eigenvalue weighted by molar-refractivity contribution is 0.162. The maximum absolute atomic E-state index is 13.8. The smallest absolute Gasteiger partial charge is 0.241 e. The van der Waals surface area contributed by atoms with E-state index in [-0.39, 0.29) is 24.3 Å². The number of phenols is 2. The molecule has 8 heteroatoms. The number of phenolic OH excluding ortho intramolecular Hbond substituents is 2. The molecule has 1 heterocycles. The Morgan fingerprint density at radius 1 is 0.721 bits per heavy atom. The molecule has 3 N–H and O–H groups in total. The maximum atomic E-state index is 13.8. The largest absolute Gasteiger partial charge is 0.508 e. The van der Waals surface area contributed by atoms with Crippen LogP contribution in [0.2, 0.25) is 0 Å². The molecule has 3 atom stereocenters. The van der Waals surface area contributed by atoms with Crippen molar-refractivity contribution in [1.82, 2.24) is 0 Å². The van der Waals surface area contributed by atoms with Gasteiger partial charge in [-0.25, -0.2) is 12.8 Å². The van der Waals surface area contributed by atoms with Crippen molar-refractivity contribution in [2.24, 2.45) is 0 Å². The van der Waals surface area contributed by atoms with Crippen molar-refractivity contribution in [2.75, 3.05) is 4.31 Å². The van der Waals surface area contributed by atoms with Gasteiger partial charge in [0.25, 0.3) is 0 Å². The fourth-order valence-electron chi connectivity index (χ4n) is 5.76. The van der Waals surface area contributed by atoms with E-state index in [2.05, 4.69) is 0 Å². The molecule has 1 aliphatic heterocycles. The summed E-state index contributed by atoms with van der Waals surface area (Å²) in [6.07, 6.45) is -0.718. The molecule has 0 radical (unpaired) electrons. The van der Waals surface area contributed by atoms with Crippen LogP contribution in [-0.4, -0.2) is 29.0 Å². The Kier molecular flexibility index (Phi) is 7.64. The third-order valence-electron chi connectivity index (χ3n) is 8.00. The number of aliphatic hydroxyl groups is 1. The standard InChI is InChI=1S/C35H30FNO5S/c36-28-14-9-25(10-15-28)32(39)19-20-34-35(31-18-13-27(22-33(31)40)26-7-4-8-30(38)21-26)37(43(34,41)42)29-16-11-24(12-17-29)23-5-2-1-3-6-23/h1-18,21-22,32,34-35,38-40H,19-20H2/t32-,34+,35-/m1/s1. The van der Waals surface area contributed by atoms with E-state index >= 15 is 0 Å². The van der Waals surface area contributed by atoms with Gasteiger partial charge in [-0.3, -0.25) is 4.31 Å². The number of aliphatic hydroxyl groups excluding tert-OH is 1. The zero-order valence-electron chi connectivity index (χ0n) is 23.1. The average Bonchev–Trinajstić information content (AvgIpc) is 3.01. The molecule has 0 unspecified atom stereocenters. The molecule has 5 aromatic carbocycles. The van der Waals surface area contributed by atoms with E-state index in [0.717, 1.165) is 11.1 Å². The Morgan fingerprint density at radius 3 is 2.02 bits per heavy atom. The summed E-state index contributed by atoms with van der Waals surface area (Å²) in [6, 6.07) is 33.5. The van der Waals surface area contributed by atoms with Crippen LogP contribution >= 0.6 is 0 Å². The van der Waals surface area contributed by atoms with Gasteiger partial charge in [0.2, 0.25) is 10.0 Å². The van der Waals surface area contributed by atoms with Crippen molar-refractivity contribution in [2.45, 2.75) is 30.2 Å². The molecule has 43 heavy (non-hydrogen) atoms. The van der Waals surface area contributed by atoms with Crippen LogP contribution in [0.25, 0.3) is 22.3 Å². The average molecular weight is 596 g/mol. The van der Waals surface area contributed by atoms with E-state index in [1.54, 1.807) is 48.5 Å². The quantitative estimate of drug-likeness (QED) is 0.174. The third-order valence-corrected chi connectivity index (χ3v) is 10.2. The fraction of sp³-hybridized carbons (Fsp3) is 0.143. The molecule has 0 spiro atoms. The summed E-state index contributed by atoms with van der Waals surface area (Å²) in [5.41, 5.74) is 4.72. The van der Waals surface area contributed by atoms with Gasteiger partial charge in [0.1, 0.15) is 22.6 Å². The Labute approximate surface area is 250 Å².